The number of benzene rings is 2. The SMILES string of the molecule is Cc1ccc(Cn2nc(C)c(/C=C(\C#N)C(=O)Nc3ccc(F)cc3)c2Cl)cc1. The largest absolute Gasteiger partial charge is 0.321 e. The second kappa shape index (κ2) is 8.72. The predicted molar refractivity (Wildman–Crippen MR) is 111 cm³/mol. The normalized spacial score (nSPS) is 11.2. The van der Waals surface area contributed by atoms with Crippen LogP contribution in [0.4, 0.5) is 10.1 Å². The zero-order valence-electron chi connectivity index (χ0n) is 15.9. The van der Waals surface area contributed by atoms with Gasteiger partial charge in [-0.3, -0.25) is 4.79 Å². The van der Waals surface area contributed by atoms with E-state index in [1.165, 1.54) is 30.3 Å². The second-order valence-electron chi connectivity index (χ2n) is 6.56. The average molecular weight is 409 g/mol. The minimum atomic E-state index is -0.610. The number of hydrogen-bond acceptors (Lipinski definition) is 3. The monoisotopic (exact) mass is 408 g/mol. The van der Waals surface area contributed by atoms with E-state index in [-0.39, 0.29) is 5.57 Å². The summed E-state index contributed by atoms with van der Waals surface area (Å²) in [5.74, 6) is -1.02. The lowest BCUT2D eigenvalue weighted by molar-refractivity contribution is -0.112. The number of nitrogens with zero attached hydrogens (tertiary/aromatic N) is 3. The lowest BCUT2D eigenvalue weighted by atomic mass is 10.1. The predicted octanol–water partition coefficient (Wildman–Crippen LogP) is 4.89. The molecule has 5 nitrogen and oxygen atoms in total. The number of carbonyl (C=O) groups excluding carboxylic acids is 1. The van der Waals surface area contributed by atoms with Crippen LogP contribution in [0.15, 0.2) is 54.1 Å². The van der Waals surface area contributed by atoms with E-state index in [4.69, 9.17) is 11.6 Å². The second-order valence-corrected chi connectivity index (χ2v) is 6.92. The van der Waals surface area contributed by atoms with Crippen molar-refractivity contribution in [3.63, 3.8) is 0 Å². The maximum absolute atomic E-state index is 13.0. The third-order valence-corrected chi connectivity index (χ3v) is 4.72. The van der Waals surface area contributed by atoms with Crippen LogP contribution in [0.3, 0.4) is 0 Å². The highest BCUT2D eigenvalue weighted by Gasteiger charge is 2.16. The molecule has 146 valence electrons. The molecular formula is C22H18ClFN4O. The highest BCUT2D eigenvalue weighted by molar-refractivity contribution is 6.31. The summed E-state index contributed by atoms with van der Waals surface area (Å²) < 4.78 is 14.6. The van der Waals surface area contributed by atoms with Crippen molar-refractivity contribution >= 4 is 29.3 Å². The van der Waals surface area contributed by atoms with Crippen LogP contribution in [0.5, 0.6) is 0 Å². The fourth-order valence-corrected chi connectivity index (χ4v) is 3.02. The summed E-state index contributed by atoms with van der Waals surface area (Å²) in [6.45, 7) is 4.24. The van der Waals surface area contributed by atoms with Gasteiger partial charge in [-0.1, -0.05) is 41.4 Å². The first-order chi connectivity index (χ1) is 13.9. The van der Waals surface area contributed by atoms with Gasteiger partial charge in [0.1, 0.15) is 22.6 Å². The summed E-state index contributed by atoms with van der Waals surface area (Å²) in [5.41, 5.74) is 3.55. The zero-order valence-corrected chi connectivity index (χ0v) is 16.7. The van der Waals surface area contributed by atoms with E-state index in [2.05, 4.69) is 10.4 Å². The molecule has 0 fully saturated rings. The van der Waals surface area contributed by atoms with Crippen molar-refractivity contribution in [1.82, 2.24) is 9.78 Å². The van der Waals surface area contributed by atoms with Gasteiger partial charge in [-0.15, -0.1) is 0 Å². The Kier molecular flexibility index (Phi) is 6.10. The fraction of sp³-hybridized carbons (Fsp3) is 0.136. The zero-order chi connectivity index (χ0) is 21.0. The van der Waals surface area contributed by atoms with E-state index >= 15 is 0 Å². The number of hydrogen-bond donors (Lipinski definition) is 1. The van der Waals surface area contributed by atoms with Gasteiger partial charge in [-0.2, -0.15) is 10.4 Å². The van der Waals surface area contributed by atoms with Crippen molar-refractivity contribution in [3.05, 3.63) is 87.5 Å². The van der Waals surface area contributed by atoms with Crippen LogP contribution in [-0.4, -0.2) is 15.7 Å². The number of halogens is 2. The van der Waals surface area contributed by atoms with Crippen molar-refractivity contribution in [2.45, 2.75) is 20.4 Å². The standard InChI is InChI=1S/C22H18ClFN4O/c1-14-3-5-16(6-4-14)13-28-21(23)20(15(2)27-28)11-17(12-25)22(29)26-19-9-7-18(24)8-10-19/h3-11H,13H2,1-2H3,(H,26,29)/b17-11+. The lowest BCUT2D eigenvalue weighted by Crippen LogP contribution is -2.13. The van der Waals surface area contributed by atoms with Gasteiger partial charge in [-0.05, 0) is 49.8 Å². The fourth-order valence-electron chi connectivity index (χ4n) is 2.73. The Morgan fingerprint density at radius 2 is 1.86 bits per heavy atom. The molecule has 0 unspecified atom stereocenters. The lowest BCUT2D eigenvalue weighted by Gasteiger charge is -2.05. The highest BCUT2D eigenvalue weighted by atomic mass is 35.5. The molecule has 0 bridgehead atoms. The third-order valence-electron chi connectivity index (χ3n) is 4.32. The molecule has 1 aromatic heterocycles. The topological polar surface area (TPSA) is 70.7 Å². The number of amides is 1. The average Bonchev–Trinajstić information content (AvgIpc) is 2.96. The van der Waals surface area contributed by atoms with Gasteiger partial charge in [0, 0.05) is 11.3 Å². The molecule has 3 rings (SSSR count). The Hall–Kier alpha value is -3.43. The molecule has 0 aliphatic rings. The molecule has 0 saturated heterocycles. The summed E-state index contributed by atoms with van der Waals surface area (Å²) in [5, 5.41) is 16.7. The van der Waals surface area contributed by atoms with Crippen molar-refractivity contribution in [1.29, 1.82) is 5.26 Å². The van der Waals surface area contributed by atoms with E-state index in [1.807, 2.05) is 37.3 Å². The van der Waals surface area contributed by atoms with Crippen molar-refractivity contribution < 1.29 is 9.18 Å². The molecule has 29 heavy (non-hydrogen) atoms. The summed E-state index contributed by atoms with van der Waals surface area (Å²) in [7, 11) is 0. The van der Waals surface area contributed by atoms with E-state index in [0.29, 0.717) is 28.6 Å². The van der Waals surface area contributed by atoms with E-state index < -0.39 is 11.7 Å². The van der Waals surface area contributed by atoms with Gasteiger partial charge in [0.25, 0.3) is 5.91 Å². The highest BCUT2D eigenvalue weighted by Crippen LogP contribution is 2.24. The van der Waals surface area contributed by atoms with Crippen LogP contribution in [0, 0.1) is 31.0 Å². The molecule has 1 amide bonds. The van der Waals surface area contributed by atoms with Crippen LogP contribution >= 0.6 is 11.6 Å². The third kappa shape index (κ3) is 4.89. The van der Waals surface area contributed by atoms with Crippen LogP contribution in [0.2, 0.25) is 5.15 Å². The number of aromatic nitrogens is 2. The van der Waals surface area contributed by atoms with Gasteiger partial charge >= 0.3 is 0 Å². The molecule has 3 aromatic rings. The molecule has 0 aliphatic heterocycles. The van der Waals surface area contributed by atoms with Gasteiger partial charge in [0.15, 0.2) is 0 Å². The molecule has 1 N–H and O–H groups in total. The number of anilines is 1. The summed E-state index contributed by atoms with van der Waals surface area (Å²) in [6.07, 6.45) is 1.41. The Morgan fingerprint density at radius 1 is 1.21 bits per heavy atom. The number of nitrogens with one attached hydrogen (secondary N) is 1. The van der Waals surface area contributed by atoms with Gasteiger partial charge in [0.2, 0.25) is 0 Å². The maximum atomic E-state index is 13.0. The molecule has 0 spiro atoms. The quantitative estimate of drug-likeness (QED) is 0.482. The summed E-state index contributed by atoms with van der Waals surface area (Å²) >= 11 is 6.47. The Morgan fingerprint density at radius 3 is 2.48 bits per heavy atom. The molecule has 7 heteroatoms. The van der Waals surface area contributed by atoms with Crippen molar-refractivity contribution in [2.24, 2.45) is 0 Å². The van der Waals surface area contributed by atoms with E-state index in [9.17, 15) is 14.4 Å². The minimum Gasteiger partial charge on any atom is -0.321 e. The molecule has 0 radical (unpaired) electrons. The van der Waals surface area contributed by atoms with Crippen LogP contribution in [-0.2, 0) is 11.3 Å². The van der Waals surface area contributed by atoms with E-state index in [0.717, 1.165) is 11.1 Å². The first kappa shape index (κ1) is 20.3. The Bertz CT molecular complexity index is 1110. The van der Waals surface area contributed by atoms with Crippen LogP contribution in [0.25, 0.3) is 6.08 Å². The Labute approximate surface area is 173 Å². The molecular weight excluding hydrogens is 391 g/mol. The summed E-state index contributed by atoms with van der Waals surface area (Å²) in [4.78, 5) is 12.4. The molecule has 0 atom stereocenters. The first-order valence-corrected chi connectivity index (χ1v) is 9.22. The smallest absolute Gasteiger partial charge is 0.266 e. The molecule has 0 aliphatic carbocycles. The van der Waals surface area contributed by atoms with Crippen LogP contribution < -0.4 is 5.32 Å². The van der Waals surface area contributed by atoms with E-state index in [1.54, 1.807) is 11.6 Å². The molecule has 1 heterocycles. The first-order valence-electron chi connectivity index (χ1n) is 8.84. The molecule has 0 saturated carbocycles. The number of carbonyl (C=O) groups is 1. The number of rotatable bonds is 5. The molecule has 2 aromatic carbocycles. The summed E-state index contributed by atoms with van der Waals surface area (Å²) in [6, 6.07) is 15.2. The van der Waals surface area contributed by atoms with Crippen LogP contribution in [0.1, 0.15) is 22.4 Å². The van der Waals surface area contributed by atoms with Crippen molar-refractivity contribution in [2.75, 3.05) is 5.32 Å². The number of aryl methyl sites for hydroxylation is 2. The van der Waals surface area contributed by atoms with Gasteiger partial charge in [-0.25, -0.2) is 9.07 Å². The number of nitriles is 1. The maximum Gasteiger partial charge on any atom is 0.266 e. The van der Waals surface area contributed by atoms with Crippen molar-refractivity contribution in [3.8, 4) is 6.07 Å². The van der Waals surface area contributed by atoms with Gasteiger partial charge in [0.05, 0.1) is 12.2 Å². The minimum absolute atomic E-state index is 0.130. The van der Waals surface area contributed by atoms with Gasteiger partial charge < -0.3 is 5.32 Å². The Balaban J connectivity index is 1.84.